The standard InChI is InChI=1S/C15H27N3O7/c1-7(2)10(15(3,4)16)11(13(23)24)18-14(25)17-8(12(21)22)5-6-9(19)20/h7-8,10-11H,5-6,16H2,1-4H3,(H,19,20)(H,21,22)(H,23,24)(H2,17,18,25)/t8-,10?,11-/m0/s1. The highest BCUT2D eigenvalue weighted by Gasteiger charge is 2.40. The number of hydrogen-bond donors (Lipinski definition) is 6. The van der Waals surface area contributed by atoms with Crippen LogP contribution in [0.5, 0.6) is 0 Å². The van der Waals surface area contributed by atoms with Crippen LogP contribution >= 0.6 is 0 Å². The number of urea groups is 1. The molecule has 0 fully saturated rings. The van der Waals surface area contributed by atoms with Gasteiger partial charge in [-0.1, -0.05) is 13.8 Å². The van der Waals surface area contributed by atoms with Gasteiger partial charge in [0.25, 0.3) is 0 Å². The zero-order chi connectivity index (χ0) is 19.9. The number of carboxylic acid groups (broad SMARTS) is 3. The summed E-state index contributed by atoms with van der Waals surface area (Å²) in [6.07, 6.45) is -0.782. The van der Waals surface area contributed by atoms with E-state index in [0.717, 1.165) is 0 Å². The predicted molar refractivity (Wildman–Crippen MR) is 88.0 cm³/mol. The van der Waals surface area contributed by atoms with E-state index in [9.17, 15) is 24.3 Å². The molecule has 0 bridgehead atoms. The highest BCUT2D eigenvalue weighted by atomic mass is 16.4. The van der Waals surface area contributed by atoms with Gasteiger partial charge in [0.2, 0.25) is 0 Å². The number of carboxylic acids is 3. The van der Waals surface area contributed by atoms with Gasteiger partial charge in [-0.05, 0) is 26.2 Å². The van der Waals surface area contributed by atoms with Gasteiger partial charge in [-0.3, -0.25) is 4.79 Å². The lowest BCUT2D eigenvalue weighted by Crippen LogP contribution is -2.60. The van der Waals surface area contributed by atoms with Crippen molar-refractivity contribution in [3.8, 4) is 0 Å². The summed E-state index contributed by atoms with van der Waals surface area (Å²) in [6, 6.07) is -3.80. The van der Waals surface area contributed by atoms with Crippen molar-refractivity contribution in [1.82, 2.24) is 10.6 Å². The number of nitrogens with one attached hydrogen (secondary N) is 2. The van der Waals surface area contributed by atoms with Gasteiger partial charge in [0, 0.05) is 17.9 Å². The summed E-state index contributed by atoms with van der Waals surface area (Å²) < 4.78 is 0. The Balaban J connectivity index is 5.19. The zero-order valence-corrected chi connectivity index (χ0v) is 14.8. The van der Waals surface area contributed by atoms with E-state index in [-0.39, 0.29) is 12.3 Å². The normalized spacial score (nSPS) is 15.1. The van der Waals surface area contributed by atoms with Crippen LogP contribution in [0.1, 0.15) is 40.5 Å². The van der Waals surface area contributed by atoms with Crippen molar-refractivity contribution < 1.29 is 34.5 Å². The van der Waals surface area contributed by atoms with Crippen LogP contribution < -0.4 is 16.4 Å². The topological polar surface area (TPSA) is 179 Å². The van der Waals surface area contributed by atoms with Crippen molar-refractivity contribution in [2.75, 3.05) is 0 Å². The molecule has 25 heavy (non-hydrogen) atoms. The lowest BCUT2D eigenvalue weighted by atomic mass is 9.75. The van der Waals surface area contributed by atoms with Gasteiger partial charge in [0.1, 0.15) is 12.1 Å². The van der Waals surface area contributed by atoms with Crippen molar-refractivity contribution >= 4 is 23.9 Å². The molecule has 2 amide bonds. The fourth-order valence-electron chi connectivity index (χ4n) is 2.85. The lowest BCUT2D eigenvalue weighted by Gasteiger charge is -2.38. The molecule has 0 heterocycles. The molecule has 0 aromatic carbocycles. The van der Waals surface area contributed by atoms with Crippen LogP contribution in [0.25, 0.3) is 0 Å². The van der Waals surface area contributed by atoms with Gasteiger partial charge >= 0.3 is 23.9 Å². The summed E-state index contributed by atoms with van der Waals surface area (Å²) in [5, 5.41) is 31.4. The molecule has 0 aromatic heterocycles. The highest BCUT2D eigenvalue weighted by molar-refractivity contribution is 5.86. The van der Waals surface area contributed by atoms with Gasteiger partial charge in [-0.15, -0.1) is 0 Å². The minimum absolute atomic E-state index is 0.177. The Kier molecular flexibility index (Phi) is 8.34. The molecule has 144 valence electrons. The number of carbonyl (C=O) groups is 4. The van der Waals surface area contributed by atoms with Gasteiger partial charge in [0.05, 0.1) is 0 Å². The number of hydrogen-bond acceptors (Lipinski definition) is 5. The van der Waals surface area contributed by atoms with E-state index in [1.807, 2.05) is 0 Å². The Morgan fingerprint density at radius 1 is 1.00 bits per heavy atom. The van der Waals surface area contributed by atoms with E-state index in [4.69, 9.17) is 15.9 Å². The van der Waals surface area contributed by atoms with Crippen LogP contribution in [0.15, 0.2) is 0 Å². The summed E-state index contributed by atoms with van der Waals surface area (Å²) in [5.41, 5.74) is 5.11. The fraction of sp³-hybridized carbons (Fsp3) is 0.733. The monoisotopic (exact) mass is 361 g/mol. The molecule has 0 saturated heterocycles. The van der Waals surface area contributed by atoms with E-state index >= 15 is 0 Å². The quantitative estimate of drug-likeness (QED) is 0.316. The Labute approximate surface area is 145 Å². The molecule has 0 radical (unpaired) electrons. The SMILES string of the molecule is CC(C)C([C@H](NC(=O)N[C@@H](CCC(=O)O)C(=O)O)C(=O)O)C(C)(C)N. The molecule has 0 aromatic rings. The van der Waals surface area contributed by atoms with E-state index in [1.165, 1.54) is 0 Å². The largest absolute Gasteiger partial charge is 0.481 e. The third-order valence-corrected chi connectivity index (χ3v) is 3.74. The summed E-state index contributed by atoms with van der Waals surface area (Å²) >= 11 is 0. The molecular weight excluding hydrogens is 334 g/mol. The summed E-state index contributed by atoms with van der Waals surface area (Å²) in [4.78, 5) is 45.2. The second kappa shape index (κ2) is 9.21. The van der Waals surface area contributed by atoms with Gasteiger partial charge in [-0.25, -0.2) is 14.4 Å². The van der Waals surface area contributed by atoms with E-state index < -0.39 is 53.9 Å². The average Bonchev–Trinajstić information content (AvgIpc) is 2.39. The van der Waals surface area contributed by atoms with Crippen molar-refractivity contribution in [1.29, 1.82) is 0 Å². The molecule has 7 N–H and O–H groups in total. The highest BCUT2D eigenvalue weighted by Crippen LogP contribution is 2.26. The van der Waals surface area contributed by atoms with E-state index in [1.54, 1.807) is 27.7 Å². The molecule has 0 aliphatic rings. The maximum absolute atomic E-state index is 12.0. The van der Waals surface area contributed by atoms with Crippen LogP contribution in [0, 0.1) is 11.8 Å². The van der Waals surface area contributed by atoms with Gasteiger partial charge < -0.3 is 31.7 Å². The maximum Gasteiger partial charge on any atom is 0.326 e. The Morgan fingerprint density at radius 3 is 1.84 bits per heavy atom. The molecular formula is C15H27N3O7. The second-order valence-electron chi connectivity index (χ2n) is 6.85. The van der Waals surface area contributed by atoms with Crippen LogP contribution in [0.2, 0.25) is 0 Å². The van der Waals surface area contributed by atoms with Crippen molar-refractivity contribution in [2.45, 2.75) is 58.2 Å². The first-order valence-corrected chi connectivity index (χ1v) is 7.80. The summed E-state index contributed by atoms with van der Waals surface area (Å²) in [7, 11) is 0. The number of rotatable bonds is 10. The zero-order valence-electron chi connectivity index (χ0n) is 14.8. The molecule has 0 rings (SSSR count). The molecule has 10 heteroatoms. The van der Waals surface area contributed by atoms with Crippen LogP contribution in [0.3, 0.4) is 0 Å². The van der Waals surface area contributed by atoms with Gasteiger partial charge in [-0.2, -0.15) is 0 Å². The molecule has 0 saturated carbocycles. The second-order valence-corrected chi connectivity index (χ2v) is 6.85. The summed E-state index contributed by atoms with van der Waals surface area (Å²) in [6.45, 7) is 6.81. The number of carbonyl (C=O) groups excluding carboxylic acids is 1. The van der Waals surface area contributed by atoms with Crippen LogP contribution in [-0.4, -0.2) is 56.9 Å². The van der Waals surface area contributed by atoms with Crippen molar-refractivity contribution in [2.24, 2.45) is 17.6 Å². The number of aliphatic carboxylic acids is 3. The van der Waals surface area contributed by atoms with Crippen molar-refractivity contribution in [3.05, 3.63) is 0 Å². The minimum atomic E-state index is -1.45. The van der Waals surface area contributed by atoms with Crippen LogP contribution in [0.4, 0.5) is 4.79 Å². The fourth-order valence-corrected chi connectivity index (χ4v) is 2.85. The first-order valence-electron chi connectivity index (χ1n) is 7.80. The minimum Gasteiger partial charge on any atom is -0.481 e. The first-order chi connectivity index (χ1) is 11.3. The third kappa shape index (κ3) is 7.84. The Hall–Kier alpha value is -2.36. The Bertz CT molecular complexity index is 514. The molecule has 0 aliphatic carbocycles. The Morgan fingerprint density at radius 2 is 1.52 bits per heavy atom. The molecule has 10 nitrogen and oxygen atoms in total. The van der Waals surface area contributed by atoms with E-state index in [2.05, 4.69) is 10.6 Å². The first kappa shape index (κ1) is 22.6. The van der Waals surface area contributed by atoms with E-state index in [0.29, 0.717) is 0 Å². The smallest absolute Gasteiger partial charge is 0.326 e. The molecule has 0 aliphatic heterocycles. The van der Waals surface area contributed by atoms with Gasteiger partial charge in [0.15, 0.2) is 0 Å². The maximum atomic E-state index is 12.0. The summed E-state index contributed by atoms with van der Waals surface area (Å²) in [5.74, 6) is -4.73. The third-order valence-electron chi connectivity index (χ3n) is 3.74. The lowest BCUT2D eigenvalue weighted by molar-refractivity contribution is -0.142. The molecule has 1 unspecified atom stereocenters. The molecule has 0 spiro atoms. The average molecular weight is 361 g/mol. The number of nitrogens with two attached hydrogens (primary N) is 1. The van der Waals surface area contributed by atoms with Crippen LogP contribution in [-0.2, 0) is 14.4 Å². The predicted octanol–water partition coefficient (Wildman–Crippen LogP) is 0.0663. The molecule has 3 atom stereocenters. The van der Waals surface area contributed by atoms with Crippen molar-refractivity contribution in [3.63, 3.8) is 0 Å². The number of amides is 2.